The summed E-state index contributed by atoms with van der Waals surface area (Å²) in [5.41, 5.74) is 0. The van der Waals surface area contributed by atoms with Gasteiger partial charge in [-0.2, -0.15) is 0 Å². The Morgan fingerprint density at radius 1 is 1.67 bits per heavy atom. The maximum Gasteiger partial charge on any atom is 0.429 e. The van der Waals surface area contributed by atoms with E-state index in [4.69, 9.17) is 21.4 Å². The summed E-state index contributed by atoms with van der Waals surface area (Å²) in [6.07, 6.45) is 0. The molecule has 0 aliphatic rings. The van der Waals surface area contributed by atoms with Gasteiger partial charge in [0.05, 0.1) is 0 Å². The van der Waals surface area contributed by atoms with E-state index in [-0.39, 0.29) is 0 Å². The summed E-state index contributed by atoms with van der Waals surface area (Å²) in [6, 6.07) is 0. The van der Waals surface area contributed by atoms with Gasteiger partial charge in [0.1, 0.15) is 5.88 Å². The first-order valence-corrected chi connectivity index (χ1v) is 4.03. The van der Waals surface area contributed by atoms with Crippen LogP contribution in [0.5, 0.6) is 0 Å². The van der Waals surface area contributed by atoms with Gasteiger partial charge in [0.25, 0.3) is 0 Å². The lowest BCUT2D eigenvalue weighted by Gasteiger charge is -2.01. The summed E-state index contributed by atoms with van der Waals surface area (Å²) >= 11 is 4.90. The van der Waals surface area contributed by atoms with Gasteiger partial charge in [-0.3, -0.25) is 9.88 Å². The molecule has 3 N–H and O–H groups in total. The largest absolute Gasteiger partial charge is 0.429 e. The average Bonchev–Trinajstić information content (AvgIpc) is 1.62. The Hall–Kier alpha value is -0.0900. The second-order valence-electron chi connectivity index (χ2n) is 1.21. The Balaban J connectivity index is 3.75. The maximum atomic E-state index is 10.1. The number of hydrogen-bond acceptors (Lipinski definition) is 2. The maximum absolute atomic E-state index is 10.1. The summed E-state index contributed by atoms with van der Waals surface area (Å²) in [7, 11) is -4.42. The van der Waals surface area contributed by atoms with Crippen molar-refractivity contribution in [2.45, 2.75) is 0 Å². The minimum atomic E-state index is -4.42. The third-order valence-corrected chi connectivity index (χ3v) is 1.18. The van der Waals surface area contributed by atoms with Gasteiger partial charge < -0.3 is 9.79 Å². The summed E-state index contributed by atoms with van der Waals surface area (Å²) in [4.78, 5) is 26.2. The van der Waals surface area contributed by atoms with E-state index in [0.717, 1.165) is 0 Å². The second-order valence-corrected chi connectivity index (χ2v) is 2.79. The van der Waals surface area contributed by atoms with E-state index in [1.54, 1.807) is 0 Å². The van der Waals surface area contributed by atoms with Gasteiger partial charge in [-0.05, 0) is 0 Å². The van der Waals surface area contributed by atoms with E-state index in [2.05, 4.69) is 0 Å². The van der Waals surface area contributed by atoms with Crippen LogP contribution in [0.3, 0.4) is 0 Å². The molecule has 0 fully saturated rings. The molecule has 0 bridgehead atoms. The lowest BCUT2D eigenvalue weighted by atomic mass is 10.8. The van der Waals surface area contributed by atoms with Crippen LogP contribution in [0.2, 0.25) is 0 Å². The summed E-state index contributed by atoms with van der Waals surface area (Å²) in [5.74, 6) is -1.34. The van der Waals surface area contributed by atoms with Crippen molar-refractivity contribution in [1.82, 2.24) is 5.09 Å². The molecule has 5 nitrogen and oxygen atoms in total. The summed E-state index contributed by atoms with van der Waals surface area (Å²) < 4.78 is 9.90. The van der Waals surface area contributed by atoms with E-state index in [1.807, 2.05) is 0 Å². The lowest BCUT2D eigenvalue weighted by molar-refractivity contribution is -0.117. The van der Waals surface area contributed by atoms with Crippen LogP contribution in [0.15, 0.2) is 0 Å². The van der Waals surface area contributed by atoms with E-state index < -0.39 is 19.5 Å². The molecule has 7 heteroatoms. The minimum Gasteiger partial charge on any atom is -0.308 e. The fourth-order valence-corrected chi connectivity index (χ4v) is 0.756. The SMILES string of the molecule is O=C(CCl)NP(=O)(O)O. The number of hydrogen-bond donors (Lipinski definition) is 3. The Kier molecular flexibility index (Phi) is 3.14. The number of rotatable bonds is 2. The molecule has 0 aliphatic heterocycles. The van der Waals surface area contributed by atoms with Gasteiger partial charge in [-0.1, -0.05) is 0 Å². The predicted octanol–water partition coefficient (Wildman–Crippen LogP) is -0.566. The number of alkyl halides is 1. The van der Waals surface area contributed by atoms with Crippen LogP contribution in [-0.4, -0.2) is 21.6 Å². The third-order valence-electron chi connectivity index (χ3n) is 0.392. The van der Waals surface area contributed by atoms with Crippen molar-refractivity contribution in [2.75, 3.05) is 5.88 Å². The highest BCUT2D eigenvalue weighted by Crippen LogP contribution is 2.27. The first-order chi connectivity index (χ1) is 3.95. The summed E-state index contributed by atoms with van der Waals surface area (Å²) in [5, 5.41) is 1.36. The molecule has 0 atom stereocenters. The number of nitrogens with one attached hydrogen (secondary N) is 1. The Labute approximate surface area is 56.2 Å². The number of amides is 1. The van der Waals surface area contributed by atoms with Gasteiger partial charge in [0, 0.05) is 0 Å². The molecule has 0 heterocycles. The molecule has 0 saturated heterocycles. The highest BCUT2D eigenvalue weighted by atomic mass is 35.5. The van der Waals surface area contributed by atoms with Gasteiger partial charge in [-0.15, -0.1) is 11.6 Å². The van der Waals surface area contributed by atoms with E-state index in [9.17, 15) is 9.36 Å². The van der Waals surface area contributed by atoms with Crippen LogP contribution < -0.4 is 5.09 Å². The van der Waals surface area contributed by atoms with Crippen molar-refractivity contribution in [2.24, 2.45) is 0 Å². The molecule has 0 aliphatic carbocycles. The number of carbonyl (C=O) groups excluding carboxylic acids is 1. The molecular weight excluding hydrogens is 168 g/mol. The molecule has 0 aromatic carbocycles. The zero-order valence-electron chi connectivity index (χ0n) is 4.24. The van der Waals surface area contributed by atoms with Crippen LogP contribution in [0.1, 0.15) is 0 Å². The van der Waals surface area contributed by atoms with E-state index in [1.165, 1.54) is 5.09 Å². The quantitative estimate of drug-likeness (QED) is 0.386. The molecule has 9 heavy (non-hydrogen) atoms. The van der Waals surface area contributed by atoms with Gasteiger partial charge >= 0.3 is 7.75 Å². The molecule has 1 amide bonds. The van der Waals surface area contributed by atoms with E-state index >= 15 is 0 Å². The number of halogens is 1. The topological polar surface area (TPSA) is 86.6 Å². The third kappa shape index (κ3) is 5.79. The zero-order valence-corrected chi connectivity index (χ0v) is 5.89. The molecule has 0 aromatic heterocycles. The monoisotopic (exact) mass is 173 g/mol. The first kappa shape index (κ1) is 8.91. The minimum absolute atomic E-state index is 0.453. The fraction of sp³-hybridized carbons (Fsp3) is 0.500. The molecule has 0 spiro atoms. The number of carbonyl (C=O) groups is 1. The van der Waals surface area contributed by atoms with E-state index in [0.29, 0.717) is 0 Å². The molecule has 0 rings (SSSR count). The molecule has 0 unspecified atom stereocenters. The first-order valence-electron chi connectivity index (χ1n) is 1.88. The molecule has 0 saturated carbocycles. The van der Waals surface area contributed by atoms with Gasteiger partial charge in [0.2, 0.25) is 5.91 Å². The molecule has 0 radical (unpaired) electrons. The standard InChI is InChI=1S/C2H5ClNO4P/c3-1-2(5)4-9(6,7)8/h1H2,(H3,4,5,6,7,8). The molecular formula is C2H5ClNO4P. The van der Waals surface area contributed by atoms with Crippen molar-refractivity contribution >= 4 is 25.3 Å². The van der Waals surface area contributed by atoms with Crippen molar-refractivity contribution in [1.29, 1.82) is 0 Å². The Morgan fingerprint density at radius 2 is 2.11 bits per heavy atom. The average molecular weight is 173 g/mol. The van der Waals surface area contributed by atoms with Crippen LogP contribution in [-0.2, 0) is 9.36 Å². The fourth-order valence-electron chi connectivity index (χ4n) is 0.192. The van der Waals surface area contributed by atoms with Crippen molar-refractivity contribution in [3.05, 3.63) is 0 Å². The Morgan fingerprint density at radius 3 is 2.22 bits per heavy atom. The highest BCUT2D eigenvalue weighted by molar-refractivity contribution is 7.50. The lowest BCUT2D eigenvalue weighted by Crippen LogP contribution is -2.20. The van der Waals surface area contributed by atoms with Gasteiger partial charge in [-0.25, -0.2) is 4.57 Å². The van der Waals surface area contributed by atoms with Crippen LogP contribution in [0.4, 0.5) is 0 Å². The van der Waals surface area contributed by atoms with Crippen molar-refractivity contribution in [3.8, 4) is 0 Å². The van der Waals surface area contributed by atoms with Crippen molar-refractivity contribution < 1.29 is 19.1 Å². The van der Waals surface area contributed by atoms with Crippen LogP contribution in [0.25, 0.3) is 0 Å². The van der Waals surface area contributed by atoms with Crippen molar-refractivity contribution in [3.63, 3.8) is 0 Å². The normalized spacial score (nSPS) is 11.0. The van der Waals surface area contributed by atoms with Crippen LogP contribution in [0, 0.1) is 0 Å². The predicted molar refractivity (Wildman–Crippen MR) is 30.9 cm³/mol. The highest BCUT2D eigenvalue weighted by Gasteiger charge is 2.14. The summed E-state index contributed by atoms with van der Waals surface area (Å²) in [6.45, 7) is 0. The molecule has 0 aromatic rings. The smallest absolute Gasteiger partial charge is 0.308 e. The van der Waals surface area contributed by atoms with Gasteiger partial charge in [0.15, 0.2) is 0 Å². The zero-order chi connectivity index (χ0) is 7.49. The Bertz CT molecular complexity index is 153. The molecule has 54 valence electrons. The van der Waals surface area contributed by atoms with Crippen LogP contribution >= 0.6 is 19.3 Å². The second kappa shape index (κ2) is 3.17.